The van der Waals surface area contributed by atoms with Gasteiger partial charge in [-0.25, -0.2) is 0 Å². The van der Waals surface area contributed by atoms with Crippen LogP contribution in [0.2, 0.25) is 0 Å². The molecule has 0 aromatic rings. The predicted molar refractivity (Wildman–Crippen MR) is 99.9 cm³/mol. The summed E-state index contributed by atoms with van der Waals surface area (Å²) in [5, 5.41) is 13.7. The van der Waals surface area contributed by atoms with Gasteiger partial charge in [-0.15, -0.1) is 0 Å². The number of hydrogen-bond acceptors (Lipinski definition) is 6. The van der Waals surface area contributed by atoms with Gasteiger partial charge in [-0.1, -0.05) is 56.7 Å². The third-order valence-corrected chi connectivity index (χ3v) is 6.47. The SMILES string of the molecule is O=C1CCCCCCCCCC[C@@H]2C[C@H](C[C@](O)([C@@H]3CSC(=O)N3)O2)O1. The van der Waals surface area contributed by atoms with Crippen LogP contribution in [0.15, 0.2) is 0 Å². The van der Waals surface area contributed by atoms with E-state index in [1.165, 1.54) is 32.1 Å². The minimum atomic E-state index is -1.46. The third-order valence-electron chi connectivity index (χ3n) is 5.59. The van der Waals surface area contributed by atoms with Crippen LogP contribution in [0.4, 0.5) is 4.79 Å². The molecule has 3 rings (SSSR count). The summed E-state index contributed by atoms with van der Waals surface area (Å²) in [5.41, 5.74) is 0. The van der Waals surface area contributed by atoms with E-state index in [2.05, 4.69) is 5.32 Å². The van der Waals surface area contributed by atoms with Gasteiger partial charge in [-0.3, -0.25) is 9.59 Å². The monoisotopic (exact) mass is 385 g/mol. The van der Waals surface area contributed by atoms with Gasteiger partial charge in [0.2, 0.25) is 0 Å². The minimum Gasteiger partial charge on any atom is -0.462 e. The number of fused-ring (bicyclic) bond motifs is 2. The lowest BCUT2D eigenvalue weighted by Crippen LogP contribution is -2.58. The number of carbonyl (C=O) groups is 2. The first kappa shape index (κ1) is 20.0. The van der Waals surface area contributed by atoms with Crippen LogP contribution in [0.25, 0.3) is 0 Å². The molecule has 4 atom stereocenters. The summed E-state index contributed by atoms with van der Waals surface area (Å²) in [6.07, 6.45) is 10.7. The van der Waals surface area contributed by atoms with E-state index < -0.39 is 11.8 Å². The fourth-order valence-electron chi connectivity index (χ4n) is 4.15. The molecule has 2 N–H and O–H groups in total. The molecule has 3 heterocycles. The van der Waals surface area contributed by atoms with E-state index >= 15 is 0 Å². The number of aliphatic hydroxyl groups is 1. The molecule has 3 saturated heterocycles. The lowest BCUT2D eigenvalue weighted by atomic mass is 9.91. The zero-order valence-electron chi connectivity index (χ0n) is 15.4. The van der Waals surface area contributed by atoms with Gasteiger partial charge in [0.25, 0.3) is 5.24 Å². The minimum absolute atomic E-state index is 0.138. The van der Waals surface area contributed by atoms with Gasteiger partial charge < -0.3 is 19.9 Å². The molecule has 3 aliphatic rings. The second-order valence-corrected chi connectivity index (χ2v) is 8.79. The second kappa shape index (κ2) is 9.42. The Bertz CT molecular complexity index is 502. The van der Waals surface area contributed by atoms with Crippen LogP contribution in [0, 0.1) is 0 Å². The van der Waals surface area contributed by atoms with Crippen LogP contribution in [-0.2, 0) is 14.3 Å². The van der Waals surface area contributed by atoms with E-state index in [1.807, 2.05) is 0 Å². The molecule has 2 bridgehead atoms. The van der Waals surface area contributed by atoms with Crippen LogP contribution in [0.1, 0.15) is 77.0 Å². The highest BCUT2D eigenvalue weighted by Crippen LogP contribution is 2.36. The Labute approximate surface area is 159 Å². The van der Waals surface area contributed by atoms with Crippen molar-refractivity contribution in [2.24, 2.45) is 0 Å². The number of ether oxygens (including phenoxy) is 2. The van der Waals surface area contributed by atoms with E-state index in [0.717, 1.165) is 37.4 Å². The van der Waals surface area contributed by atoms with E-state index in [9.17, 15) is 14.7 Å². The summed E-state index contributed by atoms with van der Waals surface area (Å²) >= 11 is 1.16. The molecule has 3 aliphatic heterocycles. The van der Waals surface area contributed by atoms with Crippen molar-refractivity contribution in [2.45, 2.75) is 101 Å². The van der Waals surface area contributed by atoms with Crippen LogP contribution in [0.5, 0.6) is 0 Å². The lowest BCUT2D eigenvalue weighted by molar-refractivity contribution is -0.284. The first-order valence-electron chi connectivity index (χ1n) is 10.1. The third kappa shape index (κ3) is 5.60. The quantitative estimate of drug-likeness (QED) is 0.672. The van der Waals surface area contributed by atoms with Gasteiger partial charge in [0.05, 0.1) is 12.1 Å². The molecule has 3 fully saturated rings. The molecule has 0 aromatic carbocycles. The van der Waals surface area contributed by atoms with Crippen LogP contribution >= 0.6 is 11.8 Å². The molecule has 7 heteroatoms. The first-order valence-corrected chi connectivity index (χ1v) is 11.1. The van der Waals surface area contributed by atoms with Gasteiger partial charge in [0, 0.05) is 25.0 Å². The molecular formula is C19H31NO5S. The summed E-state index contributed by atoms with van der Waals surface area (Å²) in [7, 11) is 0. The average molecular weight is 386 g/mol. The van der Waals surface area contributed by atoms with Crippen molar-refractivity contribution in [3.05, 3.63) is 0 Å². The normalized spacial score (nSPS) is 38.0. The maximum Gasteiger partial charge on any atom is 0.306 e. The topological polar surface area (TPSA) is 84.9 Å². The molecule has 0 saturated carbocycles. The highest BCUT2D eigenvalue weighted by molar-refractivity contribution is 8.14. The van der Waals surface area contributed by atoms with E-state index in [1.54, 1.807) is 0 Å². The van der Waals surface area contributed by atoms with Crippen molar-refractivity contribution in [3.63, 3.8) is 0 Å². The Morgan fingerprint density at radius 1 is 1.00 bits per heavy atom. The molecule has 0 aromatic heterocycles. The van der Waals surface area contributed by atoms with Gasteiger partial charge >= 0.3 is 5.97 Å². The maximum atomic E-state index is 12.2. The number of thioether (sulfide) groups is 1. The summed E-state index contributed by atoms with van der Waals surface area (Å²) in [5.74, 6) is -1.17. The molecule has 0 unspecified atom stereocenters. The van der Waals surface area contributed by atoms with E-state index in [4.69, 9.17) is 9.47 Å². The fourth-order valence-corrected chi connectivity index (χ4v) is 5.04. The average Bonchev–Trinajstić information content (AvgIpc) is 3.02. The number of nitrogens with one attached hydrogen (secondary N) is 1. The molecule has 0 aliphatic carbocycles. The predicted octanol–water partition coefficient (Wildman–Crippen LogP) is 3.51. The van der Waals surface area contributed by atoms with Gasteiger partial charge in [0.15, 0.2) is 5.79 Å². The Morgan fingerprint density at radius 2 is 1.69 bits per heavy atom. The van der Waals surface area contributed by atoms with Crippen LogP contribution in [-0.4, -0.2) is 46.1 Å². The zero-order valence-corrected chi connectivity index (χ0v) is 16.2. The summed E-state index contributed by atoms with van der Waals surface area (Å²) in [4.78, 5) is 23.7. The van der Waals surface area contributed by atoms with Crippen molar-refractivity contribution in [2.75, 3.05) is 5.75 Å². The number of hydrogen-bond donors (Lipinski definition) is 2. The van der Waals surface area contributed by atoms with Crippen molar-refractivity contribution >= 4 is 23.0 Å². The Kier molecular flexibility index (Phi) is 7.23. The van der Waals surface area contributed by atoms with Gasteiger partial charge in [0.1, 0.15) is 6.10 Å². The number of rotatable bonds is 1. The lowest BCUT2D eigenvalue weighted by Gasteiger charge is -2.43. The number of amides is 1. The molecular weight excluding hydrogens is 354 g/mol. The Hall–Kier alpha value is -0.790. The smallest absolute Gasteiger partial charge is 0.306 e. The largest absolute Gasteiger partial charge is 0.462 e. The molecule has 26 heavy (non-hydrogen) atoms. The highest BCUT2D eigenvalue weighted by atomic mass is 32.2. The second-order valence-electron chi connectivity index (χ2n) is 7.80. The Morgan fingerprint density at radius 3 is 2.38 bits per heavy atom. The fraction of sp³-hybridized carbons (Fsp3) is 0.895. The summed E-state index contributed by atoms with van der Waals surface area (Å²) in [6, 6.07) is -0.453. The maximum absolute atomic E-state index is 12.2. The molecule has 1 amide bonds. The highest BCUT2D eigenvalue weighted by Gasteiger charge is 2.49. The molecule has 0 spiro atoms. The number of esters is 1. The van der Waals surface area contributed by atoms with Crippen LogP contribution in [0.3, 0.4) is 0 Å². The van der Waals surface area contributed by atoms with E-state index in [-0.39, 0.29) is 29.8 Å². The van der Waals surface area contributed by atoms with Crippen LogP contribution < -0.4 is 5.32 Å². The molecule has 0 radical (unpaired) electrons. The molecule has 148 valence electrons. The van der Waals surface area contributed by atoms with Gasteiger partial charge in [-0.05, 0) is 12.8 Å². The van der Waals surface area contributed by atoms with Gasteiger partial charge in [-0.2, -0.15) is 0 Å². The summed E-state index contributed by atoms with van der Waals surface area (Å²) in [6.45, 7) is 0. The summed E-state index contributed by atoms with van der Waals surface area (Å²) < 4.78 is 11.7. The zero-order chi connectivity index (χ0) is 18.4. The standard InChI is InChI=1S/C19H31NO5S/c21-17-10-8-6-4-2-1-3-5-7-9-14-11-15(24-17)12-19(23,25-14)16-13-26-18(22)20-16/h14-16,23H,1-13H2,(H,20,22)/t14-,15-,16+,19-/m1/s1. The van der Waals surface area contributed by atoms with Crippen molar-refractivity contribution in [1.82, 2.24) is 5.32 Å². The van der Waals surface area contributed by atoms with Crippen molar-refractivity contribution in [1.29, 1.82) is 0 Å². The van der Waals surface area contributed by atoms with E-state index in [0.29, 0.717) is 18.6 Å². The first-order chi connectivity index (χ1) is 12.5. The van der Waals surface area contributed by atoms with Crippen molar-refractivity contribution < 1.29 is 24.2 Å². The number of carbonyl (C=O) groups excluding carboxylic acids is 2. The van der Waals surface area contributed by atoms with Crippen molar-refractivity contribution in [3.8, 4) is 0 Å². The Balaban J connectivity index is 1.66. The molecule has 6 nitrogen and oxygen atoms in total.